The van der Waals surface area contributed by atoms with Gasteiger partial charge in [-0.15, -0.1) is 0 Å². The van der Waals surface area contributed by atoms with Crippen LogP contribution in [0.15, 0.2) is 58.7 Å². The maximum Gasteiger partial charge on any atom is 0.434 e. The van der Waals surface area contributed by atoms with Crippen LogP contribution in [0, 0.1) is 17.8 Å². The number of halogens is 3. The quantitative estimate of drug-likeness (QED) is 0.366. The minimum Gasteiger partial charge on any atom is -0.342 e. The molecule has 13 heteroatoms. The van der Waals surface area contributed by atoms with E-state index < -0.39 is 11.9 Å². The normalized spacial score (nSPS) is 22.4. The molecule has 3 aromatic heterocycles. The molecule has 3 unspecified atom stereocenters. The average molecular weight is 552 g/mol. The van der Waals surface area contributed by atoms with Gasteiger partial charge in [-0.1, -0.05) is 23.9 Å². The van der Waals surface area contributed by atoms with Gasteiger partial charge >= 0.3 is 6.18 Å². The molecule has 7 rings (SSSR count). The number of imide groups is 1. The summed E-state index contributed by atoms with van der Waals surface area (Å²) < 4.78 is 40.0. The van der Waals surface area contributed by atoms with E-state index in [9.17, 15) is 22.8 Å². The summed E-state index contributed by atoms with van der Waals surface area (Å²) in [7, 11) is 0. The number of carbonyl (C=O) groups is 2. The van der Waals surface area contributed by atoms with Crippen LogP contribution in [0.25, 0.3) is 11.3 Å². The van der Waals surface area contributed by atoms with Crippen molar-refractivity contribution in [2.45, 2.75) is 22.5 Å². The Morgan fingerprint density at radius 3 is 2.51 bits per heavy atom. The molecule has 1 aromatic carbocycles. The number of nitrogens with zero attached hydrogens (tertiary/aromatic N) is 6. The minimum absolute atomic E-state index is 0.0608. The zero-order valence-electron chi connectivity index (χ0n) is 20.2. The highest BCUT2D eigenvalue weighted by Crippen LogP contribution is 2.52. The van der Waals surface area contributed by atoms with E-state index in [4.69, 9.17) is 0 Å². The summed E-state index contributed by atoms with van der Waals surface area (Å²) in [5, 5.41) is 0.279. The molecule has 1 saturated heterocycles. The fourth-order valence-electron chi connectivity index (χ4n) is 5.71. The molecule has 1 N–H and O–H groups in total. The summed E-state index contributed by atoms with van der Waals surface area (Å²) in [4.78, 5) is 48.9. The molecule has 2 amide bonds. The van der Waals surface area contributed by atoms with Gasteiger partial charge in [-0.3, -0.25) is 19.5 Å². The number of rotatable bonds is 5. The summed E-state index contributed by atoms with van der Waals surface area (Å²) in [6.45, 7) is 1.87. The van der Waals surface area contributed by atoms with Gasteiger partial charge in [0.2, 0.25) is 5.95 Å². The summed E-state index contributed by atoms with van der Waals surface area (Å²) in [5.41, 5.74) is 0.712. The lowest BCUT2D eigenvalue weighted by atomic mass is 10.1. The van der Waals surface area contributed by atoms with E-state index in [2.05, 4.69) is 29.8 Å². The number of piperidine rings is 1. The van der Waals surface area contributed by atoms with Crippen LogP contribution in [0.5, 0.6) is 0 Å². The molecule has 3 atom stereocenters. The third-order valence-electron chi connectivity index (χ3n) is 7.67. The van der Waals surface area contributed by atoms with E-state index in [0.29, 0.717) is 53.3 Å². The summed E-state index contributed by atoms with van der Waals surface area (Å²) in [6.07, 6.45) is -1.16. The molecule has 0 spiro atoms. The van der Waals surface area contributed by atoms with Crippen molar-refractivity contribution >= 4 is 40.8 Å². The van der Waals surface area contributed by atoms with E-state index in [0.717, 1.165) is 30.9 Å². The highest BCUT2D eigenvalue weighted by Gasteiger charge is 2.55. The third kappa shape index (κ3) is 4.11. The Morgan fingerprint density at radius 1 is 1.00 bits per heavy atom. The first kappa shape index (κ1) is 24.1. The zero-order chi connectivity index (χ0) is 26.9. The van der Waals surface area contributed by atoms with Crippen LogP contribution >= 0.6 is 11.8 Å². The van der Waals surface area contributed by atoms with Gasteiger partial charge in [-0.05, 0) is 48.4 Å². The predicted octanol–water partition coefficient (Wildman–Crippen LogP) is 4.29. The number of pyridine rings is 1. The summed E-state index contributed by atoms with van der Waals surface area (Å²) in [5.74, 6) is 1.14. The number of H-pyrrole nitrogens is 1. The van der Waals surface area contributed by atoms with Gasteiger partial charge in [0.1, 0.15) is 5.03 Å². The van der Waals surface area contributed by atoms with Crippen molar-refractivity contribution in [3.8, 4) is 0 Å². The van der Waals surface area contributed by atoms with Gasteiger partial charge in [-0.25, -0.2) is 9.97 Å². The molecular formula is C26H20F3N7O2S. The van der Waals surface area contributed by atoms with Crippen molar-refractivity contribution in [3.05, 3.63) is 65.6 Å². The van der Waals surface area contributed by atoms with Crippen LogP contribution in [-0.2, 0) is 6.18 Å². The van der Waals surface area contributed by atoms with Crippen molar-refractivity contribution < 1.29 is 22.8 Å². The lowest BCUT2D eigenvalue weighted by Crippen LogP contribution is -2.33. The minimum atomic E-state index is -4.58. The SMILES string of the molecule is O=C1c2ccccc2C(=O)N1CC1C2CCN(c3nc4nc(Sc5cccnc5C(F)(F)F)cnc4[nH]3)CC21. The van der Waals surface area contributed by atoms with Crippen LogP contribution in [0.1, 0.15) is 32.8 Å². The number of fused-ring (bicyclic) bond motifs is 3. The van der Waals surface area contributed by atoms with Crippen LogP contribution in [-0.4, -0.2) is 61.3 Å². The van der Waals surface area contributed by atoms with Crippen LogP contribution in [0.3, 0.4) is 0 Å². The van der Waals surface area contributed by atoms with Crippen LogP contribution < -0.4 is 4.90 Å². The molecule has 9 nitrogen and oxygen atoms in total. The second-order valence-corrected chi connectivity index (χ2v) is 10.9. The Labute approximate surface area is 223 Å². The first-order valence-corrected chi connectivity index (χ1v) is 13.2. The van der Waals surface area contributed by atoms with Gasteiger partial charge < -0.3 is 9.88 Å². The zero-order valence-corrected chi connectivity index (χ0v) is 21.0. The molecule has 1 saturated carbocycles. The molecule has 4 aromatic rings. The van der Waals surface area contributed by atoms with E-state index in [1.807, 2.05) is 0 Å². The molecule has 198 valence electrons. The number of hydrogen-bond donors (Lipinski definition) is 1. The second kappa shape index (κ2) is 8.76. The number of aromatic nitrogens is 5. The van der Waals surface area contributed by atoms with Crippen molar-refractivity contribution in [2.24, 2.45) is 17.8 Å². The lowest BCUT2D eigenvalue weighted by Gasteiger charge is -2.25. The summed E-state index contributed by atoms with van der Waals surface area (Å²) >= 11 is 0.836. The van der Waals surface area contributed by atoms with Crippen molar-refractivity contribution in [1.29, 1.82) is 0 Å². The van der Waals surface area contributed by atoms with Crippen molar-refractivity contribution in [1.82, 2.24) is 29.8 Å². The average Bonchev–Trinajstić information content (AvgIpc) is 3.33. The van der Waals surface area contributed by atoms with Gasteiger partial charge in [0.25, 0.3) is 11.8 Å². The maximum atomic E-state index is 13.3. The fraction of sp³-hybridized carbons (Fsp3) is 0.308. The smallest absolute Gasteiger partial charge is 0.342 e. The summed E-state index contributed by atoms with van der Waals surface area (Å²) in [6, 6.07) is 9.70. The Morgan fingerprint density at radius 2 is 1.77 bits per heavy atom. The topological polar surface area (TPSA) is 108 Å². The first-order chi connectivity index (χ1) is 18.8. The van der Waals surface area contributed by atoms with E-state index >= 15 is 0 Å². The molecule has 0 radical (unpaired) electrons. The second-order valence-electron chi connectivity index (χ2n) is 9.88. The van der Waals surface area contributed by atoms with Gasteiger partial charge in [0.15, 0.2) is 17.0 Å². The van der Waals surface area contributed by atoms with E-state index in [1.54, 1.807) is 24.3 Å². The van der Waals surface area contributed by atoms with Crippen LogP contribution in [0.2, 0.25) is 0 Å². The fourth-order valence-corrected chi connectivity index (χ4v) is 6.59. The van der Waals surface area contributed by atoms with Gasteiger partial charge in [0, 0.05) is 30.7 Å². The standard InChI is InChI=1S/C26H20F3N7O2S/c27-26(28,29)20-18(6-3-8-30-20)39-19-10-31-21-22(32-19)34-25(33-21)35-9-7-13-16(11-35)17(13)12-36-23(37)14-4-1-2-5-15(14)24(36)38/h1-6,8,10,13,16-17H,7,9,11-12H2,(H,31,32,33,34). The number of alkyl halides is 3. The lowest BCUT2D eigenvalue weighted by molar-refractivity contribution is -0.143. The Kier molecular flexibility index (Phi) is 5.41. The van der Waals surface area contributed by atoms with Gasteiger partial charge in [0.05, 0.1) is 17.3 Å². The maximum absolute atomic E-state index is 13.3. The predicted molar refractivity (Wildman–Crippen MR) is 134 cm³/mol. The highest BCUT2D eigenvalue weighted by molar-refractivity contribution is 7.99. The van der Waals surface area contributed by atoms with Crippen molar-refractivity contribution in [3.63, 3.8) is 0 Å². The number of hydrogen-bond acceptors (Lipinski definition) is 8. The number of carbonyl (C=O) groups excluding carboxylic acids is 2. The van der Waals surface area contributed by atoms with E-state index in [1.165, 1.54) is 23.2 Å². The Bertz CT molecular complexity index is 1610. The molecular weight excluding hydrogens is 531 g/mol. The number of imidazole rings is 1. The number of benzene rings is 1. The van der Waals surface area contributed by atoms with Gasteiger partial charge in [-0.2, -0.15) is 18.2 Å². The van der Waals surface area contributed by atoms with Crippen LogP contribution in [0.4, 0.5) is 19.1 Å². The Balaban J connectivity index is 1.04. The third-order valence-corrected chi connectivity index (χ3v) is 8.63. The number of aromatic amines is 1. The highest BCUT2D eigenvalue weighted by atomic mass is 32.2. The number of nitrogens with one attached hydrogen (secondary N) is 1. The molecule has 3 aliphatic rings. The molecule has 0 bridgehead atoms. The number of amides is 2. The largest absolute Gasteiger partial charge is 0.434 e. The van der Waals surface area contributed by atoms with Crippen molar-refractivity contribution in [2.75, 3.05) is 24.5 Å². The number of anilines is 1. The monoisotopic (exact) mass is 551 g/mol. The molecule has 2 fully saturated rings. The molecule has 39 heavy (non-hydrogen) atoms. The first-order valence-electron chi connectivity index (χ1n) is 12.4. The molecule has 5 heterocycles. The molecule has 1 aliphatic carbocycles. The Hall–Kier alpha value is -4.00. The van der Waals surface area contributed by atoms with E-state index in [-0.39, 0.29) is 27.7 Å². The molecule has 2 aliphatic heterocycles.